The van der Waals surface area contributed by atoms with E-state index in [0.717, 1.165) is 27.9 Å². The number of ether oxygens (including phenoxy) is 1. The molecule has 0 unspecified atom stereocenters. The molecule has 3 aromatic carbocycles. The Labute approximate surface area is 194 Å². The number of nitrogens with one attached hydrogen (secondary N) is 1. The van der Waals surface area contributed by atoms with E-state index in [1.54, 1.807) is 0 Å². The third-order valence-electron chi connectivity index (χ3n) is 5.78. The Morgan fingerprint density at radius 1 is 0.788 bits per heavy atom. The Hall–Kier alpha value is -3.86. The summed E-state index contributed by atoms with van der Waals surface area (Å²) in [5, 5.41) is 3.24. The fraction of sp³-hybridized carbons (Fsp3) is 0.214. The summed E-state index contributed by atoms with van der Waals surface area (Å²) in [5.41, 5.74) is 6.86. The smallest absolute Gasteiger partial charge is 0.282 e. The number of benzene rings is 3. The van der Waals surface area contributed by atoms with Crippen LogP contribution in [-0.4, -0.2) is 18.4 Å². The van der Waals surface area contributed by atoms with Gasteiger partial charge in [0.15, 0.2) is 0 Å². The highest BCUT2D eigenvalue weighted by Crippen LogP contribution is 2.35. The average Bonchev–Trinajstić information content (AvgIpc) is 3.00. The summed E-state index contributed by atoms with van der Waals surface area (Å²) in [6.07, 6.45) is 0. The molecule has 1 aliphatic heterocycles. The Kier molecular flexibility index (Phi) is 6.05. The van der Waals surface area contributed by atoms with E-state index >= 15 is 0 Å². The minimum absolute atomic E-state index is 0.270. The van der Waals surface area contributed by atoms with Gasteiger partial charge in [0.1, 0.15) is 11.4 Å². The van der Waals surface area contributed by atoms with E-state index in [9.17, 15) is 9.59 Å². The number of carbonyl (C=O) groups is 2. The van der Waals surface area contributed by atoms with Crippen molar-refractivity contribution in [1.82, 2.24) is 0 Å². The zero-order chi connectivity index (χ0) is 23.7. The van der Waals surface area contributed by atoms with Gasteiger partial charge >= 0.3 is 0 Å². The molecule has 0 saturated carbocycles. The number of rotatable bonds is 6. The van der Waals surface area contributed by atoms with Gasteiger partial charge in [0, 0.05) is 5.69 Å². The molecular weight excluding hydrogens is 412 g/mol. The van der Waals surface area contributed by atoms with Gasteiger partial charge in [-0.15, -0.1) is 0 Å². The molecule has 0 bridgehead atoms. The second-order valence-electron chi connectivity index (χ2n) is 8.42. The molecule has 3 aromatic rings. The largest absolute Gasteiger partial charge is 0.494 e. The van der Waals surface area contributed by atoms with Gasteiger partial charge < -0.3 is 10.1 Å². The van der Waals surface area contributed by atoms with Crippen molar-refractivity contribution in [2.75, 3.05) is 16.8 Å². The minimum Gasteiger partial charge on any atom is -0.494 e. The Balaban J connectivity index is 1.81. The van der Waals surface area contributed by atoms with Crippen molar-refractivity contribution in [2.45, 2.75) is 34.6 Å². The first-order valence-electron chi connectivity index (χ1n) is 11.1. The van der Waals surface area contributed by atoms with Gasteiger partial charge in [-0.05, 0) is 98.8 Å². The molecule has 5 heteroatoms. The maximum Gasteiger partial charge on any atom is 0.282 e. The monoisotopic (exact) mass is 440 g/mol. The first-order chi connectivity index (χ1) is 15.8. The summed E-state index contributed by atoms with van der Waals surface area (Å²) in [4.78, 5) is 28.5. The summed E-state index contributed by atoms with van der Waals surface area (Å²) in [5.74, 6) is 0.000984. The van der Waals surface area contributed by atoms with E-state index in [4.69, 9.17) is 4.74 Å². The Morgan fingerprint density at radius 2 is 1.45 bits per heavy atom. The number of anilines is 2. The summed E-state index contributed by atoms with van der Waals surface area (Å²) >= 11 is 0. The van der Waals surface area contributed by atoms with Gasteiger partial charge in [0.2, 0.25) is 0 Å². The van der Waals surface area contributed by atoms with Crippen LogP contribution in [0.2, 0.25) is 0 Å². The molecule has 0 aliphatic carbocycles. The highest BCUT2D eigenvalue weighted by Gasteiger charge is 2.40. The fourth-order valence-electron chi connectivity index (χ4n) is 4.08. The van der Waals surface area contributed by atoms with Crippen LogP contribution in [0.5, 0.6) is 5.75 Å². The summed E-state index contributed by atoms with van der Waals surface area (Å²) < 4.78 is 5.54. The fourth-order valence-corrected chi connectivity index (χ4v) is 4.08. The van der Waals surface area contributed by atoms with Crippen LogP contribution in [0.3, 0.4) is 0 Å². The van der Waals surface area contributed by atoms with Gasteiger partial charge in [-0.25, -0.2) is 4.90 Å². The molecule has 1 N–H and O–H groups in total. The number of carbonyl (C=O) groups excluding carboxylic acids is 2. The normalized spacial score (nSPS) is 13.7. The summed E-state index contributed by atoms with van der Waals surface area (Å²) in [6.45, 7) is 10.4. The molecule has 0 aromatic heterocycles. The van der Waals surface area contributed by atoms with Crippen LogP contribution in [0.25, 0.3) is 5.57 Å². The first-order valence-corrected chi connectivity index (χ1v) is 11.1. The second-order valence-corrected chi connectivity index (χ2v) is 8.42. The highest BCUT2D eigenvalue weighted by molar-refractivity contribution is 6.46. The van der Waals surface area contributed by atoms with E-state index < -0.39 is 0 Å². The van der Waals surface area contributed by atoms with Crippen LogP contribution in [0.1, 0.15) is 34.7 Å². The number of aryl methyl sites for hydroxylation is 4. The predicted octanol–water partition coefficient (Wildman–Crippen LogP) is 5.72. The molecule has 168 valence electrons. The molecular formula is C28H28N2O3. The number of hydrogen-bond donors (Lipinski definition) is 1. The van der Waals surface area contributed by atoms with Crippen LogP contribution in [-0.2, 0) is 9.59 Å². The zero-order valence-electron chi connectivity index (χ0n) is 19.7. The van der Waals surface area contributed by atoms with Gasteiger partial charge in [0.05, 0.1) is 17.9 Å². The minimum atomic E-state index is -0.368. The van der Waals surface area contributed by atoms with E-state index in [2.05, 4.69) is 5.32 Å². The topological polar surface area (TPSA) is 58.6 Å². The van der Waals surface area contributed by atoms with Crippen molar-refractivity contribution in [3.63, 3.8) is 0 Å². The lowest BCUT2D eigenvalue weighted by Gasteiger charge is -2.17. The second kappa shape index (κ2) is 8.94. The molecule has 0 fully saturated rings. The number of amides is 2. The van der Waals surface area contributed by atoms with E-state index in [0.29, 0.717) is 29.2 Å². The van der Waals surface area contributed by atoms with Crippen LogP contribution in [0.15, 0.2) is 66.4 Å². The molecule has 0 atom stereocenters. The van der Waals surface area contributed by atoms with Crippen LogP contribution < -0.4 is 15.0 Å². The van der Waals surface area contributed by atoms with Gasteiger partial charge in [-0.1, -0.05) is 24.3 Å². The SMILES string of the molecule is CCOc1ccc(C2=C(Nc3ccc(C)c(C)c3)C(=O)N(c3cc(C)cc(C)c3)C2=O)cc1. The third-order valence-corrected chi connectivity index (χ3v) is 5.78. The maximum absolute atomic E-state index is 13.6. The van der Waals surface area contributed by atoms with Crippen LogP contribution in [0, 0.1) is 27.7 Å². The number of imide groups is 1. The molecule has 1 heterocycles. The van der Waals surface area contributed by atoms with Crippen molar-refractivity contribution >= 4 is 28.8 Å². The maximum atomic E-state index is 13.6. The van der Waals surface area contributed by atoms with Gasteiger partial charge in [-0.3, -0.25) is 9.59 Å². The van der Waals surface area contributed by atoms with E-state index in [1.807, 2.05) is 95.3 Å². The van der Waals surface area contributed by atoms with Crippen molar-refractivity contribution < 1.29 is 14.3 Å². The lowest BCUT2D eigenvalue weighted by molar-refractivity contribution is -0.120. The van der Waals surface area contributed by atoms with Crippen molar-refractivity contribution in [1.29, 1.82) is 0 Å². The number of hydrogen-bond acceptors (Lipinski definition) is 4. The third kappa shape index (κ3) is 4.40. The first kappa shape index (κ1) is 22.3. The molecule has 0 saturated heterocycles. The summed E-state index contributed by atoms with van der Waals surface area (Å²) in [6, 6.07) is 18.9. The van der Waals surface area contributed by atoms with E-state index in [1.165, 1.54) is 4.90 Å². The molecule has 1 aliphatic rings. The zero-order valence-corrected chi connectivity index (χ0v) is 19.7. The van der Waals surface area contributed by atoms with Gasteiger partial charge in [0.25, 0.3) is 11.8 Å². The van der Waals surface area contributed by atoms with Gasteiger partial charge in [-0.2, -0.15) is 0 Å². The standard InChI is InChI=1S/C28H28N2O3/c1-6-33-24-11-8-21(9-12-24)25-26(29-22-10-7-19(4)20(5)16-22)28(32)30(27(25)31)23-14-17(2)13-18(3)15-23/h7-16,29H,6H2,1-5H3. The quantitative estimate of drug-likeness (QED) is 0.499. The molecule has 5 nitrogen and oxygen atoms in total. The molecule has 0 radical (unpaired) electrons. The lowest BCUT2D eigenvalue weighted by atomic mass is 10.0. The lowest BCUT2D eigenvalue weighted by Crippen LogP contribution is -2.32. The van der Waals surface area contributed by atoms with Crippen molar-refractivity contribution in [3.8, 4) is 5.75 Å². The Morgan fingerprint density at radius 3 is 2.06 bits per heavy atom. The van der Waals surface area contributed by atoms with Crippen molar-refractivity contribution in [2.24, 2.45) is 0 Å². The molecule has 33 heavy (non-hydrogen) atoms. The van der Waals surface area contributed by atoms with Crippen LogP contribution in [0.4, 0.5) is 11.4 Å². The van der Waals surface area contributed by atoms with Crippen molar-refractivity contribution in [3.05, 3.63) is 94.2 Å². The molecule has 2 amide bonds. The molecule has 0 spiro atoms. The highest BCUT2D eigenvalue weighted by atomic mass is 16.5. The summed E-state index contributed by atoms with van der Waals surface area (Å²) in [7, 11) is 0. The predicted molar refractivity (Wildman–Crippen MR) is 132 cm³/mol. The Bertz CT molecular complexity index is 1250. The molecule has 4 rings (SSSR count). The van der Waals surface area contributed by atoms with Crippen LogP contribution >= 0.6 is 0 Å². The average molecular weight is 441 g/mol. The van der Waals surface area contributed by atoms with E-state index in [-0.39, 0.29) is 17.5 Å². The number of nitrogens with zero attached hydrogens (tertiary/aromatic N) is 1.